The zero-order chi connectivity index (χ0) is 17.8. The van der Waals surface area contributed by atoms with E-state index in [1.165, 1.54) is 18.4 Å². The van der Waals surface area contributed by atoms with Gasteiger partial charge in [0.25, 0.3) is 5.91 Å². The SMILES string of the molecule is O=C(NCC1(c2ccccc2)CCCC1)c1ccn(C2CCCNC2)n1. The van der Waals surface area contributed by atoms with E-state index in [1.807, 2.05) is 16.9 Å². The summed E-state index contributed by atoms with van der Waals surface area (Å²) in [6.07, 6.45) is 8.95. The van der Waals surface area contributed by atoms with Crippen molar-refractivity contribution < 1.29 is 4.79 Å². The lowest BCUT2D eigenvalue weighted by Gasteiger charge is -2.30. The average molecular weight is 352 g/mol. The van der Waals surface area contributed by atoms with Crippen molar-refractivity contribution in [3.63, 3.8) is 0 Å². The molecule has 5 nitrogen and oxygen atoms in total. The summed E-state index contributed by atoms with van der Waals surface area (Å²) < 4.78 is 1.95. The topological polar surface area (TPSA) is 59.0 Å². The first-order valence-corrected chi connectivity index (χ1v) is 9.86. The van der Waals surface area contributed by atoms with Gasteiger partial charge in [0, 0.05) is 24.7 Å². The normalized spacial score (nSPS) is 22.2. The number of nitrogens with zero attached hydrogens (tertiary/aromatic N) is 2. The maximum Gasteiger partial charge on any atom is 0.271 e. The van der Waals surface area contributed by atoms with Crippen LogP contribution in [0.2, 0.25) is 0 Å². The second kappa shape index (κ2) is 7.62. The second-order valence-electron chi connectivity index (χ2n) is 7.72. The fourth-order valence-corrected chi connectivity index (χ4v) is 4.47. The van der Waals surface area contributed by atoms with Gasteiger partial charge in [-0.3, -0.25) is 9.48 Å². The molecule has 4 rings (SSSR count). The predicted octanol–water partition coefficient (Wildman–Crippen LogP) is 3.05. The van der Waals surface area contributed by atoms with E-state index in [0.29, 0.717) is 18.3 Å². The highest BCUT2D eigenvalue weighted by Crippen LogP contribution is 2.40. The van der Waals surface area contributed by atoms with Crippen LogP contribution < -0.4 is 10.6 Å². The van der Waals surface area contributed by atoms with Gasteiger partial charge < -0.3 is 10.6 Å². The van der Waals surface area contributed by atoms with Crippen LogP contribution in [0.3, 0.4) is 0 Å². The largest absolute Gasteiger partial charge is 0.350 e. The van der Waals surface area contributed by atoms with Gasteiger partial charge in [0.05, 0.1) is 6.04 Å². The van der Waals surface area contributed by atoms with E-state index in [1.54, 1.807) is 0 Å². The van der Waals surface area contributed by atoms with E-state index in [9.17, 15) is 4.79 Å². The third-order valence-electron chi connectivity index (χ3n) is 6.02. The number of piperidine rings is 1. The fraction of sp³-hybridized carbons (Fsp3) is 0.524. The molecule has 1 atom stereocenters. The molecule has 2 fully saturated rings. The molecule has 138 valence electrons. The summed E-state index contributed by atoms with van der Waals surface area (Å²) in [4.78, 5) is 12.7. The van der Waals surface area contributed by atoms with E-state index in [4.69, 9.17) is 0 Å². The number of rotatable bonds is 5. The van der Waals surface area contributed by atoms with Crippen LogP contribution in [0.5, 0.6) is 0 Å². The molecule has 2 aliphatic rings. The Balaban J connectivity index is 1.42. The maximum absolute atomic E-state index is 12.7. The molecule has 1 aliphatic carbocycles. The number of carbonyl (C=O) groups is 1. The second-order valence-corrected chi connectivity index (χ2v) is 7.72. The Labute approximate surface area is 155 Å². The highest BCUT2D eigenvalue weighted by Gasteiger charge is 2.36. The monoisotopic (exact) mass is 352 g/mol. The van der Waals surface area contributed by atoms with Crippen LogP contribution in [-0.4, -0.2) is 35.3 Å². The van der Waals surface area contributed by atoms with E-state index >= 15 is 0 Å². The van der Waals surface area contributed by atoms with Gasteiger partial charge in [-0.15, -0.1) is 0 Å². The van der Waals surface area contributed by atoms with Crippen molar-refractivity contribution in [1.82, 2.24) is 20.4 Å². The van der Waals surface area contributed by atoms with Crippen LogP contribution in [-0.2, 0) is 5.41 Å². The number of nitrogens with one attached hydrogen (secondary N) is 2. The minimum absolute atomic E-state index is 0.0604. The zero-order valence-electron chi connectivity index (χ0n) is 15.3. The average Bonchev–Trinajstić information content (AvgIpc) is 3.38. The highest BCUT2D eigenvalue weighted by molar-refractivity contribution is 5.92. The van der Waals surface area contributed by atoms with E-state index in [2.05, 4.69) is 46.1 Å². The molecule has 5 heteroatoms. The van der Waals surface area contributed by atoms with Crippen molar-refractivity contribution in [3.8, 4) is 0 Å². The third-order valence-corrected chi connectivity index (χ3v) is 6.02. The summed E-state index contributed by atoms with van der Waals surface area (Å²) in [7, 11) is 0. The molecule has 0 bridgehead atoms. The van der Waals surface area contributed by atoms with Crippen molar-refractivity contribution in [2.24, 2.45) is 0 Å². The van der Waals surface area contributed by atoms with Crippen molar-refractivity contribution in [1.29, 1.82) is 0 Å². The molecule has 2 N–H and O–H groups in total. The summed E-state index contributed by atoms with van der Waals surface area (Å²) in [5, 5.41) is 11.1. The minimum atomic E-state index is -0.0604. The smallest absolute Gasteiger partial charge is 0.271 e. The Bertz CT molecular complexity index is 727. The van der Waals surface area contributed by atoms with Gasteiger partial charge in [0.15, 0.2) is 0 Å². The first-order chi connectivity index (χ1) is 12.8. The number of aromatic nitrogens is 2. The molecule has 0 radical (unpaired) electrons. The number of hydrogen-bond donors (Lipinski definition) is 2. The van der Waals surface area contributed by atoms with E-state index in [-0.39, 0.29) is 11.3 Å². The summed E-state index contributed by atoms with van der Waals surface area (Å²) in [6.45, 7) is 2.69. The lowest BCUT2D eigenvalue weighted by Crippen LogP contribution is -2.39. The number of carbonyl (C=O) groups excluding carboxylic acids is 1. The van der Waals surface area contributed by atoms with Gasteiger partial charge in [0.2, 0.25) is 0 Å². The zero-order valence-corrected chi connectivity index (χ0v) is 15.3. The molecule has 26 heavy (non-hydrogen) atoms. The molecule has 1 saturated heterocycles. The van der Waals surface area contributed by atoms with Gasteiger partial charge >= 0.3 is 0 Å². The van der Waals surface area contributed by atoms with Crippen LogP contribution in [0.4, 0.5) is 0 Å². The molecule has 2 aromatic rings. The molecule has 1 aromatic carbocycles. The molecule has 1 saturated carbocycles. The molecule has 1 amide bonds. The molecular weight excluding hydrogens is 324 g/mol. The van der Waals surface area contributed by atoms with Gasteiger partial charge in [-0.25, -0.2) is 0 Å². The van der Waals surface area contributed by atoms with Crippen molar-refractivity contribution in [3.05, 3.63) is 53.9 Å². The van der Waals surface area contributed by atoms with Gasteiger partial charge in [-0.05, 0) is 43.9 Å². The molecular formula is C21H28N4O. The number of amides is 1. The van der Waals surface area contributed by atoms with E-state index < -0.39 is 0 Å². The minimum Gasteiger partial charge on any atom is -0.350 e. The first-order valence-electron chi connectivity index (χ1n) is 9.86. The maximum atomic E-state index is 12.7. The van der Waals surface area contributed by atoms with Crippen LogP contribution in [0, 0.1) is 0 Å². The van der Waals surface area contributed by atoms with Crippen molar-refractivity contribution in [2.75, 3.05) is 19.6 Å². The summed E-state index contributed by atoms with van der Waals surface area (Å²) >= 11 is 0. The third kappa shape index (κ3) is 3.54. The lowest BCUT2D eigenvalue weighted by molar-refractivity contribution is 0.0936. The fourth-order valence-electron chi connectivity index (χ4n) is 4.47. The summed E-state index contributed by atoms with van der Waals surface area (Å²) in [5.41, 5.74) is 1.95. The summed E-state index contributed by atoms with van der Waals surface area (Å²) in [6, 6.07) is 12.8. The standard InChI is InChI=1S/C21H28N4O/c26-20(19-10-14-25(24-19)18-9-6-13-22-15-18)23-16-21(11-4-5-12-21)17-7-2-1-3-8-17/h1-3,7-8,10,14,18,22H,4-6,9,11-13,15-16H2,(H,23,26). The van der Waals surface area contributed by atoms with Crippen LogP contribution in [0.25, 0.3) is 0 Å². The Morgan fingerprint density at radius 1 is 1.19 bits per heavy atom. The molecule has 2 heterocycles. The molecule has 1 aromatic heterocycles. The quantitative estimate of drug-likeness (QED) is 0.869. The lowest BCUT2D eigenvalue weighted by atomic mass is 9.79. The van der Waals surface area contributed by atoms with Crippen molar-refractivity contribution >= 4 is 5.91 Å². The van der Waals surface area contributed by atoms with Gasteiger partial charge in [0.1, 0.15) is 5.69 Å². The van der Waals surface area contributed by atoms with Crippen molar-refractivity contribution in [2.45, 2.75) is 50.0 Å². The molecule has 0 spiro atoms. The Kier molecular flexibility index (Phi) is 5.07. The number of benzene rings is 1. The van der Waals surface area contributed by atoms with E-state index in [0.717, 1.165) is 38.8 Å². The highest BCUT2D eigenvalue weighted by atomic mass is 16.1. The van der Waals surface area contributed by atoms with Crippen LogP contribution >= 0.6 is 0 Å². The summed E-state index contributed by atoms with van der Waals surface area (Å²) in [5.74, 6) is -0.0604. The van der Waals surface area contributed by atoms with Gasteiger partial charge in [-0.1, -0.05) is 43.2 Å². The van der Waals surface area contributed by atoms with Crippen LogP contribution in [0.15, 0.2) is 42.6 Å². The molecule has 1 unspecified atom stereocenters. The first kappa shape index (κ1) is 17.3. The molecule has 1 aliphatic heterocycles. The van der Waals surface area contributed by atoms with Crippen LogP contribution in [0.1, 0.15) is 60.6 Å². The number of hydrogen-bond acceptors (Lipinski definition) is 3. The predicted molar refractivity (Wildman–Crippen MR) is 102 cm³/mol. The van der Waals surface area contributed by atoms with Gasteiger partial charge in [-0.2, -0.15) is 5.10 Å². The Hall–Kier alpha value is -2.14. The Morgan fingerprint density at radius 3 is 2.73 bits per heavy atom. The Morgan fingerprint density at radius 2 is 2.00 bits per heavy atom.